The molecule has 0 amide bonds. The van der Waals surface area contributed by atoms with Crippen molar-refractivity contribution in [2.24, 2.45) is 5.41 Å². The van der Waals surface area contributed by atoms with Gasteiger partial charge in [0.15, 0.2) is 0 Å². The fraction of sp³-hybridized carbons (Fsp3) is 1.00. The van der Waals surface area contributed by atoms with Crippen LogP contribution in [-0.2, 0) is 0 Å². The molecule has 62 valence electrons. The molecule has 4 saturated heterocycles. The second kappa shape index (κ2) is 2.30. The molecule has 0 saturated carbocycles. The molecule has 4 fully saturated rings. The summed E-state index contributed by atoms with van der Waals surface area (Å²) in [7, 11) is 0. The maximum absolute atomic E-state index is 2.50. The summed E-state index contributed by atoms with van der Waals surface area (Å²) in [6, 6.07) is 0. The molecule has 0 N–H and O–H groups in total. The van der Waals surface area contributed by atoms with Crippen molar-refractivity contribution in [3.8, 4) is 0 Å². The van der Waals surface area contributed by atoms with Crippen LogP contribution in [0.25, 0.3) is 0 Å². The summed E-state index contributed by atoms with van der Waals surface area (Å²) in [5, 5.41) is 0. The zero-order chi connectivity index (χ0) is 7.47. The van der Waals surface area contributed by atoms with E-state index in [9.17, 15) is 0 Å². The lowest BCUT2D eigenvalue weighted by molar-refractivity contribution is 0.256. The predicted octanol–water partition coefficient (Wildman–Crippen LogP) is 3.38. The maximum Gasteiger partial charge on any atom is 0.0530 e. The molecule has 3 heteroatoms. The number of rotatable bonds is 0. The van der Waals surface area contributed by atoms with Crippen molar-refractivity contribution in [2.45, 2.75) is 39.9 Å². The third kappa shape index (κ3) is 1.15. The third-order valence-electron chi connectivity index (χ3n) is 2.89. The van der Waals surface area contributed by atoms with Crippen LogP contribution < -0.4 is 0 Å². The Morgan fingerprint density at radius 3 is 1.55 bits per heavy atom. The van der Waals surface area contributed by atoms with Crippen LogP contribution in [0.5, 0.6) is 0 Å². The number of hydrogen-bond donors (Lipinski definition) is 0. The Labute approximate surface area is 80.6 Å². The van der Waals surface area contributed by atoms with Crippen LogP contribution in [0.2, 0.25) is 0 Å². The highest BCUT2D eigenvalue weighted by Crippen LogP contribution is 2.66. The first kappa shape index (κ1) is 7.45. The van der Waals surface area contributed by atoms with Gasteiger partial charge < -0.3 is 0 Å². The van der Waals surface area contributed by atoms with Crippen molar-refractivity contribution in [1.82, 2.24) is 0 Å². The Balaban J connectivity index is 1.94. The maximum atomic E-state index is 2.50. The van der Waals surface area contributed by atoms with Crippen molar-refractivity contribution in [3.63, 3.8) is 0 Å². The summed E-state index contributed by atoms with van der Waals surface area (Å²) in [4.78, 5) is 0. The molecule has 4 bridgehead atoms. The van der Waals surface area contributed by atoms with Gasteiger partial charge in [0.05, 0.1) is 13.7 Å². The zero-order valence-corrected chi connectivity index (χ0v) is 9.03. The van der Waals surface area contributed by atoms with Crippen LogP contribution in [0.15, 0.2) is 0 Å². The topological polar surface area (TPSA) is 0 Å². The molecule has 4 rings (SSSR count). The van der Waals surface area contributed by atoms with Gasteiger partial charge in [-0.1, -0.05) is 6.92 Å². The number of thioether (sulfide) groups is 3. The highest BCUT2D eigenvalue weighted by atomic mass is 32.3. The van der Waals surface area contributed by atoms with Crippen molar-refractivity contribution in [1.29, 1.82) is 0 Å². The molecule has 0 aliphatic carbocycles. The van der Waals surface area contributed by atoms with E-state index in [2.05, 4.69) is 42.2 Å². The molecule has 0 aromatic rings. The summed E-state index contributed by atoms with van der Waals surface area (Å²) in [5.74, 6) is 0. The molecule has 11 heavy (non-hydrogen) atoms. The molecule has 4 heterocycles. The van der Waals surface area contributed by atoms with Crippen LogP contribution in [0.1, 0.15) is 26.2 Å². The fourth-order valence-corrected chi connectivity index (χ4v) is 10.2. The van der Waals surface area contributed by atoms with Gasteiger partial charge in [-0.25, -0.2) is 0 Å². The van der Waals surface area contributed by atoms with Gasteiger partial charge in [-0.15, -0.1) is 35.3 Å². The first-order valence-electron chi connectivity index (χ1n) is 4.20. The largest absolute Gasteiger partial charge is 0.133 e. The first-order chi connectivity index (χ1) is 5.23. The van der Waals surface area contributed by atoms with E-state index >= 15 is 0 Å². The smallest absolute Gasteiger partial charge is 0.0530 e. The Morgan fingerprint density at radius 2 is 1.27 bits per heavy atom. The predicted molar refractivity (Wildman–Crippen MR) is 56.1 cm³/mol. The average molecular weight is 204 g/mol. The van der Waals surface area contributed by atoms with E-state index in [1.807, 2.05) is 0 Å². The van der Waals surface area contributed by atoms with Gasteiger partial charge >= 0.3 is 0 Å². The van der Waals surface area contributed by atoms with Crippen LogP contribution in [0.4, 0.5) is 0 Å². The molecule has 0 atom stereocenters. The Hall–Kier alpha value is 1.05. The molecule has 0 aromatic heterocycles. The normalized spacial score (nSPS) is 60.3. The molecule has 0 spiro atoms. The van der Waals surface area contributed by atoms with Gasteiger partial charge in [-0.2, -0.15) is 0 Å². The van der Waals surface area contributed by atoms with Gasteiger partial charge in [0.2, 0.25) is 0 Å². The minimum atomic E-state index is 0.738. The summed E-state index contributed by atoms with van der Waals surface area (Å²) >= 11 is 6.70. The lowest BCUT2D eigenvalue weighted by Crippen LogP contribution is -2.42. The molecule has 4 aliphatic heterocycles. The molecule has 0 nitrogen and oxygen atoms in total. The molecule has 0 aromatic carbocycles. The van der Waals surface area contributed by atoms with Crippen LogP contribution in [0, 0.1) is 5.41 Å². The monoisotopic (exact) mass is 204 g/mol. The first-order valence-corrected chi connectivity index (χ1v) is 7.03. The van der Waals surface area contributed by atoms with Crippen LogP contribution in [0.3, 0.4) is 0 Å². The van der Waals surface area contributed by atoms with Gasteiger partial charge in [0.25, 0.3) is 0 Å². The van der Waals surface area contributed by atoms with Gasteiger partial charge in [0.1, 0.15) is 0 Å². The Morgan fingerprint density at radius 1 is 0.909 bits per heavy atom. The van der Waals surface area contributed by atoms with Crippen molar-refractivity contribution in [2.75, 3.05) is 0 Å². The van der Waals surface area contributed by atoms with E-state index in [4.69, 9.17) is 0 Å². The summed E-state index contributed by atoms with van der Waals surface area (Å²) in [6.07, 6.45) is 4.45. The Kier molecular flexibility index (Phi) is 1.56. The molecule has 0 radical (unpaired) electrons. The second-order valence-corrected chi connectivity index (χ2v) is 9.25. The van der Waals surface area contributed by atoms with E-state index in [1.165, 1.54) is 19.3 Å². The average Bonchev–Trinajstić information content (AvgIpc) is 1.79. The summed E-state index contributed by atoms with van der Waals surface area (Å²) in [5.41, 5.74) is 0.738. The van der Waals surface area contributed by atoms with Crippen molar-refractivity contribution < 1.29 is 0 Å². The quantitative estimate of drug-likeness (QED) is 0.594. The van der Waals surface area contributed by atoms with Gasteiger partial charge in [-0.3, -0.25) is 0 Å². The standard InChI is InChI=1S/C8H12S3/c1-8-2-5-9-6(3-8)11-7(4-8)10-5/h5-7H,2-4H2,1H3. The summed E-state index contributed by atoms with van der Waals surface area (Å²) < 4.78 is 2.87. The van der Waals surface area contributed by atoms with E-state index in [0.29, 0.717) is 0 Å². The molecular weight excluding hydrogens is 192 g/mol. The van der Waals surface area contributed by atoms with Crippen LogP contribution in [-0.4, -0.2) is 13.7 Å². The van der Waals surface area contributed by atoms with E-state index in [0.717, 1.165) is 19.2 Å². The van der Waals surface area contributed by atoms with Crippen LogP contribution >= 0.6 is 35.3 Å². The van der Waals surface area contributed by atoms with E-state index in [1.54, 1.807) is 0 Å². The lowest BCUT2D eigenvalue weighted by Gasteiger charge is -2.53. The SMILES string of the molecule is CC12CC3SC(C1)SC(C2)S3. The van der Waals surface area contributed by atoms with Crippen molar-refractivity contribution >= 4 is 35.3 Å². The number of hydrogen-bond acceptors (Lipinski definition) is 3. The highest BCUT2D eigenvalue weighted by molar-refractivity contribution is 8.33. The zero-order valence-electron chi connectivity index (χ0n) is 6.58. The second-order valence-electron chi connectivity index (χ2n) is 4.12. The molecule has 4 aliphatic rings. The minimum absolute atomic E-state index is 0.738. The third-order valence-corrected chi connectivity index (χ3v) is 7.71. The fourth-order valence-electron chi connectivity index (χ4n) is 2.35. The molecule has 0 unspecified atom stereocenters. The van der Waals surface area contributed by atoms with E-state index < -0.39 is 0 Å². The van der Waals surface area contributed by atoms with Gasteiger partial charge in [-0.05, 0) is 24.7 Å². The van der Waals surface area contributed by atoms with Gasteiger partial charge in [0, 0.05) is 0 Å². The Bertz CT molecular complexity index is 154. The van der Waals surface area contributed by atoms with E-state index in [-0.39, 0.29) is 0 Å². The highest BCUT2D eigenvalue weighted by Gasteiger charge is 2.49. The molecular formula is C8H12S3. The summed E-state index contributed by atoms with van der Waals surface area (Å²) in [6.45, 7) is 2.50. The van der Waals surface area contributed by atoms with Crippen molar-refractivity contribution in [3.05, 3.63) is 0 Å². The lowest BCUT2D eigenvalue weighted by atomic mass is 9.81. The minimum Gasteiger partial charge on any atom is -0.133 e.